The molecule has 0 unspecified atom stereocenters. The van der Waals surface area contributed by atoms with E-state index in [1.807, 2.05) is 29.7 Å². The van der Waals surface area contributed by atoms with E-state index >= 15 is 0 Å². The van der Waals surface area contributed by atoms with Crippen molar-refractivity contribution in [3.63, 3.8) is 0 Å². The number of fused-ring (bicyclic) bond motifs is 1. The van der Waals surface area contributed by atoms with E-state index in [0.29, 0.717) is 28.8 Å². The number of pyridine rings is 1. The summed E-state index contributed by atoms with van der Waals surface area (Å²) in [6.07, 6.45) is 1.72. The zero-order chi connectivity index (χ0) is 23.4. The molecule has 2 heterocycles. The smallest absolute Gasteiger partial charge is 0.254 e. The van der Waals surface area contributed by atoms with Crippen molar-refractivity contribution in [3.8, 4) is 5.75 Å². The fourth-order valence-electron chi connectivity index (χ4n) is 3.75. The summed E-state index contributed by atoms with van der Waals surface area (Å²) in [5.74, 6) is -0.642. The molecule has 0 aliphatic heterocycles. The minimum atomic E-state index is -0.954. The molecule has 0 saturated carbocycles. The largest absolute Gasteiger partial charge is 0.508 e. The number of nitrogens with zero attached hydrogens (tertiary/aromatic N) is 2. The molecule has 0 aliphatic carbocycles. The normalized spacial score (nSPS) is 11.1. The second-order valence-corrected chi connectivity index (χ2v) is 8.77. The highest BCUT2D eigenvalue weighted by atomic mass is 32.2. The van der Waals surface area contributed by atoms with Crippen molar-refractivity contribution in [1.82, 2.24) is 14.9 Å². The molecule has 8 heteroatoms. The van der Waals surface area contributed by atoms with E-state index in [1.165, 1.54) is 6.07 Å². The van der Waals surface area contributed by atoms with Gasteiger partial charge in [-0.1, -0.05) is 19.1 Å². The Kier molecular flexibility index (Phi) is 6.93. The van der Waals surface area contributed by atoms with Crippen molar-refractivity contribution >= 4 is 28.6 Å². The monoisotopic (exact) mass is 467 g/mol. The third kappa shape index (κ3) is 5.01. The van der Waals surface area contributed by atoms with E-state index in [1.54, 1.807) is 36.2 Å². The van der Waals surface area contributed by atoms with Gasteiger partial charge in [0.05, 0.1) is 23.3 Å². The second kappa shape index (κ2) is 10.0. The molecule has 170 valence electrons. The van der Waals surface area contributed by atoms with Gasteiger partial charge < -0.3 is 15.0 Å². The zero-order valence-electron chi connectivity index (χ0n) is 18.0. The maximum atomic E-state index is 13.6. The molecule has 0 radical (unpaired) electrons. The summed E-state index contributed by atoms with van der Waals surface area (Å²) in [6.45, 7) is 2.54. The van der Waals surface area contributed by atoms with Gasteiger partial charge in [0.15, 0.2) is 11.6 Å². The van der Waals surface area contributed by atoms with Crippen molar-refractivity contribution in [3.05, 3.63) is 94.9 Å². The van der Waals surface area contributed by atoms with Crippen LogP contribution in [0.1, 0.15) is 34.2 Å². The molecule has 2 aromatic carbocycles. The molecule has 0 bridgehead atoms. The Hall–Kier alpha value is -3.39. The van der Waals surface area contributed by atoms with E-state index < -0.39 is 11.6 Å². The van der Waals surface area contributed by atoms with Crippen LogP contribution in [0.2, 0.25) is 0 Å². The van der Waals surface area contributed by atoms with Gasteiger partial charge in [-0.3, -0.25) is 9.78 Å². The maximum Gasteiger partial charge on any atom is 0.254 e. The number of nitrogens with one attached hydrogen (secondary N) is 1. The van der Waals surface area contributed by atoms with Crippen molar-refractivity contribution in [2.45, 2.75) is 25.8 Å². The van der Waals surface area contributed by atoms with E-state index in [2.05, 4.69) is 10.3 Å². The first-order valence-electron chi connectivity index (χ1n) is 10.5. The van der Waals surface area contributed by atoms with Crippen LogP contribution in [0.3, 0.4) is 0 Å². The van der Waals surface area contributed by atoms with Crippen molar-refractivity contribution in [2.75, 3.05) is 5.75 Å². The number of rotatable bonds is 8. The summed E-state index contributed by atoms with van der Waals surface area (Å²) in [5, 5.41) is 13.7. The van der Waals surface area contributed by atoms with Gasteiger partial charge in [-0.2, -0.15) is 11.8 Å². The minimum Gasteiger partial charge on any atom is -0.508 e. The lowest BCUT2D eigenvalue weighted by atomic mass is 10.1. The first-order valence-corrected chi connectivity index (χ1v) is 11.7. The first kappa shape index (κ1) is 22.8. The molecule has 2 aromatic heterocycles. The van der Waals surface area contributed by atoms with Crippen LogP contribution in [0.15, 0.2) is 60.8 Å². The van der Waals surface area contributed by atoms with E-state index in [4.69, 9.17) is 0 Å². The molecular weight excluding hydrogens is 444 g/mol. The van der Waals surface area contributed by atoms with Crippen LogP contribution in [-0.2, 0) is 18.8 Å². The van der Waals surface area contributed by atoms with Gasteiger partial charge in [0.1, 0.15) is 5.75 Å². The Bertz CT molecular complexity index is 1290. The van der Waals surface area contributed by atoms with Gasteiger partial charge in [0.25, 0.3) is 5.91 Å². The molecule has 0 aliphatic rings. The van der Waals surface area contributed by atoms with E-state index in [9.17, 15) is 18.7 Å². The number of hydrogen-bond acceptors (Lipinski definition) is 4. The van der Waals surface area contributed by atoms with Gasteiger partial charge in [0.2, 0.25) is 0 Å². The van der Waals surface area contributed by atoms with E-state index in [0.717, 1.165) is 34.8 Å². The van der Waals surface area contributed by atoms with Crippen LogP contribution in [-0.4, -0.2) is 26.3 Å². The van der Waals surface area contributed by atoms with Crippen LogP contribution >= 0.6 is 11.8 Å². The number of halogens is 2. The fraction of sp³-hybridized carbons (Fsp3) is 0.200. The van der Waals surface area contributed by atoms with Crippen molar-refractivity contribution < 1.29 is 18.7 Å². The number of benzene rings is 2. The molecule has 33 heavy (non-hydrogen) atoms. The molecule has 0 spiro atoms. The number of phenolic OH excluding ortho intramolecular Hbond substituents is 1. The number of hydrogen-bond donors (Lipinski definition) is 2. The van der Waals surface area contributed by atoms with Gasteiger partial charge in [0, 0.05) is 35.6 Å². The number of thioether (sulfide) groups is 1. The lowest BCUT2D eigenvalue weighted by Gasteiger charge is -2.12. The number of carbonyl (C=O) groups is 1. The average Bonchev–Trinajstić information content (AvgIpc) is 3.11. The standard InChI is InChI=1S/C25H23F2N3O2S/c1-2-33-15-23-24(25(32)29-13-16-6-9-20(26)21(27)11-16)19-8-7-18(31)12-22(19)30(23)14-17-5-3-4-10-28-17/h3-12,31H,2,13-15H2,1H3,(H,29,32). The Labute approximate surface area is 194 Å². The van der Waals surface area contributed by atoms with Crippen LogP contribution in [0.5, 0.6) is 5.75 Å². The van der Waals surface area contributed by atoms with Gasteiger partial charge in [-0.15, -0.1) is 0 Å². The highest BCUT2D eigenvalue weighted by Crippen LogP contribution is 2.32. The number of aromatic hydroxyl groups is 1. The first-order chi connectivity index (χ1) is 16.0. The minimum absolute atomic E-state index is 0.0569. The highest BCUT2D eigenvalue weighted by molar-refractivity contribution is 7.98. The summed E-state index contributed by atoms with van der Waals surface area (Å²) in [7, 11) is 0. The number of carbonyl (C=O) groups excluding carboxylic acids is 1. The topological polar surface area (TPSA) is 67.2 Å². The van der Waals surface area contributed by atoms with Crippen LogP contribution in [0, 0.1) is 11.6 Å². The molecule has 2 N–H and O–H groups in total. The van der Waals surface area contributed by atoms with Gasteiger partial charge >= 0.3 is 0 Å². The molecule has 4 aromatic rings. The highest BCUT2D eigenvalue weighted by Gasteiger charge is 2.23. The van der Waals surface area contributed by atoms with Gasteiger partial charge in [-0.25, -0.2) is 8.78 Å². The molecule has 1 amide bonds. The Morgan fingerprint density at radius 2 is 1.97 bits per heavy atom. The lowest BCUT2D eigenvalue weighted by Crippen LogP contribution is -2.24. The average molecular weight is 468 g/mol. The molecule has 4 rings (SSSR count). The summed E-state index contributed by atoms with van der Waals surface area (Å²) in [6, 6.07) is 14.1. The summed E-state index contributed by atoms with van der Waals surface area (Å²) in [5.41, 5.74) is 3.33. The maximum absolute atomic E-state index is 13.6. The van der Waals surface area contributed by atoms with Crippen molar-refractivity contribution in [1.29, 1.82) is 0 Å². The third-order valence-corrected chi connectivity index (χ3v) is 6.19. The van der Waals surface area contributed by atoms with Crippen LogP contribution < -0.4 is 5.32 Å². The predicted octanol–water partition coefficient (Wildman–Crippen LogP) is 5.25. The molecular formula is C25H23F2N3O2S. The SMILES string of the molecule is CCSCc1c(C(=O)NCc2ccc(F)c(F)c2)c2ccc(O)cc2n1Cc1ccccn1. The quantitative estimate of drug-likeness (QED) is 0.371. The fourth-order valence-corrected chi connectivity index (χ4v) is 4.44. The number of phenols is 1. The Morgan fingerprint density at radius 1 is 1.12 bits per heavy atom. The molecule has 0 saturated heterocycles. The van der Waals surface area contributed by atoms with Crippen molar-refractivity contribution in [2.24, 2.45) is 0 Å². The van der Waals surface area contributed by atoms with E-state index in [-0.39, 0.29) is 18.2 Å². The number of aromatic nitrogens is 2. The third-order valence-electron chi connectivity index (χ3n) is 5.31. The summed E-state index contributed by atoms with van der Waals surface area (Å²) < 4.78 is 28.8. The second-order valence-electron chi connectivity index (χ2n) is 7.50. The Morgan fingerprint density at radius 3 is 2.70 bits per heavy atom. The summed E-state index contributed by atoms with van der Waals surface area (Å²) >= 11 is 1.68. The predicted molar refractivity (Wildman–Crippen MR) is 126 cm³/mol. The molecule has 5 nitrogen and oxygen atoms in total. The van der Waals surface area contributed by atoms with Crippen LogP contribution in [0.4, 0.5) is 8.78 Å². The summed E-state index contributed by atoms with van der Waals surface area (Å²) in [4.78, 5) is 17.8. The molecule has 0 fully saturated rings. The number of amides is 1. The van der Waals surface area contributed by atoms with Gasteiger partial charge in [-0.05, 0) is 47.7 Å². The zero-order valence-corrected chi connectivity index (χ0v) is 18.8. The Balaban J connectivity index is 1.75. The van der Waals surface area contributed by atoms with Crippen LogP contribution in [0.25, 0.3) is 10.9 Å². The lowest BCUT2D eigenvalue weighted by molar-refractivity contribution is 0.0951. The molecule has 0 atom stereocenters.